The predicted octanol–water partition coefficient (Wildman–Crippen LogP) is 5.42. The molecule has 1 aliphatic rings. The maximum atomic E-state index is 14.2. The number of imidazole rings is 1. The van der Waals surface area contributed by atoms with Crippen molar-refractivity contribution in [3.8, 4) is 17.7 Å². The van der Waals surface area contributed by atoms with Crippen LogP contribution in [0.5, 0.6) is 11.6 Å². The molecule has 0 N–H and O–H groups in total. The van der Waals surface area contributed by atoms with E-state index < -0.39 is 5.82 Å². The summed E-state index contributed by atoms with van der Waals surface area (Å²) in [6.45, 7) is 7.73. The molecule has 242 valence electrons. The maximum Gasteiger partial charge on any atom is 0.337 e. The smallest absolute Gasteiger partial charge is 0.337 e. The molecule has 0 spiro atoms. The summed E-state index contributed by atoms with van der Waals surface area (Å²) in [5.74, 6) is 0.498. The van der Waals surface area contributed by atoms with Crippen molar-refractivity contribution in [2.75, 3.05) is 20.2 Å². The van der Waals surface area contributed by atoms with Crippen LogP contribution in [0.25, 0.3) is 11.0 Å². The van der Waals surface area contributed by atoms with Crippen LogP contribution in [-0.4, -0.2) is 61.5 Å². The topological polar surface area (TPSA) is 120 Å². The second-order valence-electron chi connectivity index (χ2n) is 11.5. The van der Waals surface area contributed by atoms with Crippen molar-refractivity contribution < 1.29 is 23.4 Å². The summed E-state index contributed by atoms with van der Waals surface area (Å²) in [4.78, 5) is 24.3. The Balaban J connectivity index is 1.11. The number of aromatic nitrogens is 5. The first kappa shape index (κ1) is 31.7. The number of nitriles is 1. The summed E-state index contributed by atoms with van der Waals surface area (Å²) in [7, 11) is 1.38. The molecule has 47 heavy (non-hydrogen) atoms. The molecule has 0 unspecified atom stereocenters. The summed E-state index contributed by atoms with van der Waals surface area (Å²) in [5.41, 5.74) is 5.05. The molecular formula is C35H36FN7O4. The molecule has 3 aromatic heterocycles. The van der Waals surface area contributed by atoms with Crippen molar-refractivity contribution >= 4 is 17.0 Å². The molecule has 12 heteroatoms. The molecule has 0 aliphatic carbocycles. The first-order valence-electron chi connectivity index (χ1n) is 15.6. The maximum absolute atomic E-state index is 14.2. The Kier molecular flexibility index (Phi) is 9.45. The number of halogens is 1. The number of aryl methyl sites for hydroxylation is 2. The van der Waals surface area contributed by atoms with E-state index in [2.05, 4.69) is 32.5 Å². The van der Waals surface area contributed by atoms with Crippen molar-refractivity contribution in [1.29, 1.82) is 5.26 Å². The molecule has 4 heterocycles. The van der Waals surface area contributed by atoms with Crippen LogP contribution in [0.15, 0.2) is 60.7 Å². The van der Waals surface area contributed by atoms with Gasteiger partial charge in [-0.2, -0.15) is 10.4 Å². The molecule has 0 bridgehead atoms. The van der Waals surface area contributed by atoms with Crippen LogP contribution in [0.2, 0.25) is 0 Å². The molecule has 0 atom stereocenters. The third-order valence-corrected chi connectivity index (χ3v) is 8.26. The number of carbonyl (C=O) groups is 1. The van der Waals surface area contributed by atoms with Gasteiger partial charge in [-0.1, -0.05) is 6.07 Å². The Hall–Kier alpha value is -5.28. The van der Waals surface area contributed by atoms with E-state index in [0.29, 0.717) is 30.2 Å². The van der Waals surface area contributed by atoms with Crippen molar-refractivity contribution in [2.24, 2.45) is 0 Å². The number of piperidine rings is 1. The van der Waals surface area contributed by atoms with E-state index in [9.17, 15) is 9.18 Å². The van der Waals surface area contributed by atoms with Gasteiger partial charge in [-0.05, 0) is 75.2 Å². The zero-order valence-electron chi connectivity index (χ0n) is 26.6. The van der Waals surface area contributed by atoms with E-state index >= 15 is 0 Å². The zero-order chi connectivity index (χ0) is 32.9. The van der Waals surface area contributed by atoms with Gasteiger partial charge in [-0.15, -0.1) is 0 Å². The quantitative estimate of drug-likeness (QED) is 0.175. The number of benzene rings is 2. The summed E-state index contributed by atoms with van der Waals surface area (Å²) in [6.07, 6.45) is 1.62. The van der Waals surface area contributed by atoms with Gasteiger partial charge in [0.25, 0.3) is 0 Å². The average molecular weight is 638 g/mol. The Labute approximate surface area is 272 Å². The van der Waals surface area contributed by atoms with Crippen LogP contribution >= 0.6 is 0 Å². The van der Waals surface area contributed by atoms with Crippen molar-refractivity contribution in [2.45, 2.75) is 59.0 Å². The third kappa shape index (κ3) is 7.26. The normalized spacial score (nSPS) is 13.9. The summed E-state index contributed by atoms with van der Waals surface area (Å²) < 4.78 is 35.2. The summed E-state index contributed by atoms with van der Waals surface area (Å²) in [5, 5.41) is 13.6. The van der Waals surface area contributed by atoms with E-state index in [-0.39, 0.29) is 30.0 Å². The van der Waals surface area contributed by atoms with E-state index in [1.165, 1.54) is 19.2 Å². The third-order valence-electron chi connectivity index (χ3n) is 8.26. The summed E-state index contributed by atoms with van der Waals surface area (Å²) in [6, 6.07) is 19.0. The van der Waals surface area contributed by atoms with E-state index in [0.717, 1.165) is 66.8 Å². The lowest BCUT2D eigenvalue weighted by Crippen LogP contribution is -2.38. The number of hydrogen-bond acceptors (Lipinski definition) is 9. The Morgan fingerprint density at radius 1 is 1.06 bits per heavy atom. The number of esters is 1. The minimum Gasteiger partial charge on any atom is -0.484 e. The van der Waals surface area contributed by atoms with Gasteiger partial charge in [0.05, 0.1) is 65.5 Å². The van der Waals surface area contributed by atoms with E-state index in [1.54, 1.807) is 12.1 Å². The van der Waals surface area contributed by atoms with E-state index in [1.807, 2.05) is 41.9 Å². The Morgan fingerprint density at radius 2 is 1.89 bits per heavy atom. The fourth-order valence-corrected chi connectivity index (χ4v) is 5.88. The monoisotopic (exact) mass is 637 g/mol. The van der Waals surface area contributed by atoms with Crippen LogP contribution in [-0.2, 0) is 31.0 Å². The van der Waals surface area contributed by atoms with Gasteiger partial charge >= 0.3 is 5.97 Å². The number of fused-ring (bicyclic) bond motifs is 1. The molecule has 0 amide bonds. The van der Waals surface area contributed by atoms with Crippen LogP contribution in [0.3, 0.4) is 0 Å². The number of likely N-dealkylation sites (tertiary alicyclic amines) is 1. The zero-order valence-corrected chi connectivity index (χ0v) is 26.6. The predicted molar refractivity (Wildman–Crippen MR) is 171 cm³/mol. The molecule has 1 aliphatic heterocycles. The minimum atomic E-state index is -0.590. The summed E-state index contributed by atoms with van der Waals surface area (Å²) >= 11 is 0. The number of methoxy groups -OCH3 is 1. The number of nitrogens with zero attached hydrogens (tertiary/aromatic N) is 7. The molecular weight excluding hydrogens is 601 g/mol. The van der Waals surface area contributed by atoms with Crippen LogP contribution < -0.4 is 9.47 Å². The van der Waals surface area contributed by atoms with Crippen molar-refractivity contribution in [3.05, 3.63) is 101 Å². The van der Waals surface area contributed by atoms with Crippen molar-refractivity contribution in [1.82, 2.24) is 29.2 Å². The van der Waals surface area contributed by atoms with Gasteiger partial charge in [0.1, 0.15) is 18.5 Å². The van der Waals surface area contributed by atoms with Gasteiger partial charge in [0, 0.05) is 25.7 Å². The number of ether oxygens (including phenoxy) is 3. The standard InChI is InChI=1S/C35H36FN7O4/c1-4-43-27(16-23(2)40-43)20-42-31-18-25(35(44)45-3)9-10-30(31)39-33(42)21-41-14-12-28(13-15-41)47-34-7-5-6-26(38-34)22-46-32-11-8-24(19-37)17-29(32)36/h5-11,16-18,28H,4,12-15,20-22H2,1-3H3. The molecule has 2 aromatic carbocycles. The highest BCUT2D eigenvalue weighted by molar-refractivity contribution is 5.93. The average Bonchev–Trinajstić information content (AvgIpc) is 3.62. The number of pyridine rings is 1. The van der Waals surface area contributed by atoms with Gasteiger partial charge in [0.15, 0.2) is 11.6 Å². The molecule has 0 radical (unpaired) electrons. The molecule has 5 aromatic rings. The number of hydrogen-bond donors (Lipinski definition) is 0. The SMILES string of the molecule is CCn1nc(C)cc1Cn1c(CN2CCC(Oc3cccc(COc4ccc(C#N)cc4F)n3)CC2)nc2ccc(C(=O)OC)cc21. The van der Waals surface area contributed by atoms with Crippen LogP contribution in [0.1, 0.15) is 58.6 Å². The molecule has 1 fully saturated rings. The van der Waals surface area contributed by atoms with Gasteiger partial charge in [-0.25, -0.2) is 19.2 Å². The second-order valence-corrected chi connectivity index (χ2v) is 11.5. The molecule has 6 rings (SSSR count). The lowest BCUT2D eigenvalue weighted by molar-refractivity contribution is 0.0601. The molecule has 11 nitrogen and oxygen atoms in total. The van der Waals surface area contributed by atoms with Gasteiger partial charge in [-0.3, -0.25) is 9.58 Å². The highest BCUT2D eigenvalue weighted by Crippen LogP contribution is 2.25. The fraction of sp³-hybridized carbons (Fsp3) is 0.343. The fourth-order valence-electron chi connectivity index (χ4n) is 5.88. The highest BCUT2D eigenvalue weighted by Gasteiger charge is 2.24. The van der Waals surface area contributed by atoms with Crippen LogP contribution in [0.4, 0.5) is 4.39 Å². The molecule has 1 saturated heterocycles. The minimum absolute atomic E-state index is 0.00537. The van der Waals surface area contributed by atoms with E-state index in [4.69, 9.17) is 24.5 Å². The first-order valence-corrected chi connectivity index (χ1v) is 15.6. The number of rotatable bonds is 11. The first-order chi connectivity index (χ1) is 22.8. The molecule has 0 saturated carbocycles. The second kappa shape index (κ2) is 14.0. The van der Waals surface area contributed by atoms with Gasteiger partial charge in [0.2, 0.25) is 5.88 Å². The Morgan fingerprint density at radius 3 is 2.64 bits per heavy atom. The number of carbonyl (C=O) groups excluding carboxylic acids is 1. The lowest BCUT2D eigenvalue weighted by atomic mass is 10.1. The van der Waals surface area contributed by atoms with Gasteiger partial charge < -0.3 is 18.8 Å². The lowest BCUT2D eigenvalue weighted by Gasteiger charge is -2.31. The van der Waals surface area contributed by atoms with Crippen molar-refractivity contribution in [3.63, 3.8) is 0 Å². The highest BCUT2D eigenvalue weighted by atomic mass is 19.1. The largest absolute Gasteiger partial charge is 0.484 e. The van der Waals surface area contributed by atoms with Crippen LogP contribution in [0, 0.1) is 24.1 Å². The Bertz CT molecular complexity index is 1940.